The van der Waals surface area contributed by atoms with Gasteiger partial charge in [0.25, 0.3) is 5.91 Å². The maximum atomic E-state index is 12.3. The van der Waals surface area contributed by atoms with E-state index in [-0.39, 0.29) is 18.6 Å². The molecule has 0 aromatic heterocycles. The first kappa shape index (κ1) is 18.2. The average molecular weight is 345 g/mol. The Morgan fingerprint density at radius 1 is 1.04 bits per heavy atom. The van der Waals surface area contributed by atoms with E-state index < -0.39 is 0 Å². The molecule has 1 amide bonds. The molecule has 5 nitrogen and oxygen atoms in total. The average Bonchev–Trinajstić information content (AvgIpc) is 2.69. The van der Waals surface area contributed by atoms with Crippen LogP contribution >= 0.6 is 0 Å². The summed E-state index contributed by atoms with van der Waals surface area (Å²) in [6, 6.07) is 8.24. The molecule has 2 N–H and O–H groups in total. The van der Waals surface area contributed by atoms with Gasteiger partial charge in [0.2, 0.25) is 0 Å². The standard InChI is InChI=1S/C20H31N3O2/c24-16-19-6-2-5-14-23(19)15-11-21-20(25)17-7-9-18(10-8-17)22-12-3-1-4-13-22/h7-10,19,24H,1-6,11-16H2,(H,21,25). The van der Waals surface area contributed by atoms with Gasteiger partial charge < -0.3 is 15.3 Å². The van der Waals surface area contributed by atoms with Gasteiger partial charge in [0, 0.05) is 43.5 Å². The molecule has 5 heteroatoms. The summed E-state index contributed by atoms with van der Waals surface area (Å²) < 4.78 is 0. The summed E-state index contributed by atoms with van der Waals surface area (Å²) >= 11 is 0. The van der Waals surface area contributed by atoms with E-state index in [9.17, 15) is 9.90 Å². The summed E-state index contributed by atoms with van der Waals surface area (Å²) in [6.45, 7) is 4.91. The van der Waals surface area contributed by atoms with Crippen molar-refractivity contribution in [2.45, 2.75) is 44.6 Å². The number of anilines is 1. The Labute approximate surface area is 151 Å². The highest BCUT2D eigenvalue weighted by Crippen LogP contribution is 2.20. The van der Waals surface area contributed by atoms with Gasteiger partial charge in [0.1, 0.15) is 0 Å². The van der Waals surface area contributed by atoms with E-state index >= 15 is 0 Å². The molecule has 0 aliphatic carbocycles. The number of aliphatic hydroxyl groups excluding tert-OH is 1. The van der Waals surface area contributed by atoms with Gasteiger partial charge in [-0.1, -0.05) is 6.42 Å². The summed E-state index contributed by atoms with van der Waals surface area (Å²) in [5.41, 5.74) is 1.94. The molecule has 1 atom stereocenters. The molecule has 2 saturated heterocycles. The number of hydrogen-bond donors (Lipinski definition) is 2. The molecule has 0 radical (unpaired) electrons. The quantitative estimate of drug-likeness (QED) is 0.830. The molecule has 2 fully saturated rings. The molecule has 25 heavy (non-hydrogen) atoms. The van der Waals surface area contributed by atoms with Crippen LogP contribution in [-0.2, 0) is 0 Å². The van der Waals surface area contributed by atoms with Crippen LogP contribution in [0.15, 0.2) is 24.3 Å². The van der Waals surface area contributed by atoms with Crippen LogP contribution < -0.4 is 10.2 Å². The first-order valence-electron chi connectivity index (χ1n) is 9.76. The highest BCUT2D eigenvalue weighted by atomic mass is 16.3. The first-order chi connectivity index (χ1) is 12.3. The zero-order valence-electron chi connectivity index (χ0n) is 15.1. The van der Waals surface area contributed by atoms with Crippen LogP contribution in [0, 0.1) is 0 Å². The highest BCUT2D eigenvalue weighted by Gasteiger charge is 2.21. The number of hydrogen-bond acceptors (Lipinski definition) is 4. The summed E-state index contributed by atoms with van der Waals surface area (Å²) in [6.07, 6.45) is 7.27. The topological polar surface area (TPSA) is 55.8 Å². The Hall–Kier alpha value is -1.59. The fourth-order valence-corrected chi connectivity index (χ4v) is 3.95. The Morgan fingerprint density at radius 3 is 2.48 bits per heavy atom. The molecular weight excluding hydrogens is 314 g/mol. The number of nitrogens with one attached hydrogen (secondary N) is 1. The maximum Gasteiger partial charge on any atom is 0.251 e. The van der Waals surface area contributed by atoms with Gasteiger partial charge in [-0.15, -0.1) is 0 Å². The third kappa shape index (κ3) is 4.95. The molecule has 2 heterocycles. The van der Waals surface area contributed by atoms with Gasteiger partial charge in [-0.05, 0) is 62.9 Å². The van der Waals surface area contributed by atoms with E-state index in [1.165, 1.54) is 37.8 Å². The number of aliphatic hydroxyl groups is 1. The van der Waals surface area contributed by atoms with Crippen LogP contribution in [0.2, 0.25) is 0 Å². The van der Waals surface area contributed by atoms with Crippen LogP contribution in [0.5, 0.6) is 0 Å². The number of likely N-dealkylation sites (tertiary alicyclic amines) is 1. The van der Waals surface area contributed by atoms with Crippen molar-refractivity contribution in [1.29, 1.82) is 0 Å². The van der Waals surface area contributed by atoms with Crippen molar-refractivity contribution in [1.82, 2.24) is 10.2 Å². The fourth-order valence-electron chi connectivity index (χ4n) is 3.95. The fraction of sp³-hybridized carbons (Fsp3) is 0.650. The zero-order chi connectivity index (χ0) is 17.5. The van der Waals surface area contributed by atoms with Crippen molar-refractivity contribution < 1.29 is 9.90 Å². The first-order valence-corrected chi connectivity index (χ1v) is 9.76. The Balaban J connectivity index is 1.46. The normalized spacial score (nSPS) is 22.0. The molecule has 0 spiro atoms. The van der Waals surface area contributed by atoms with Crippen LogP contribution in [0.25, 0.3) is 0 Å². The maximum absolute atomic E-state index is 12.3. The van der Waals surface area contributed by atoms with Gasteiger partial charge in [0.05, 0.1) is 6.61 Å². The summed E-state index contributed by atoms with van der Waals surface area (Å²) in [7, 11) is 0. The van der Waals surface area contributed by atoms with Crippen molar-refractivity contribution in [2.75, 3.05) is 44.2 Å². The van der Waals surface area contributed by atoms with Crippen LogP contribution in [0.3, 0.4) is 0 Å². The monoisotopic (exact) mass is 345 g/mol. The van der Waals surface area contributed by atoms with E-state index in [2.05, 4.69) is 27.2 Å². The van der Waals surface area contributed by atoms with Gasteiger partial charge in [-0.25, -0.2) is 0 Å². The number of rotatable bonds is 6. The van der Waals surface area contributed by atoms with E-state index in [4.69, 9.17) is 0 Å². The molecular formula is C20H31N3O2. The highest BCUT2D eigenvalue weighted by molar-refractivity contribution is 5.94. The van der Waals surface area contributed by atoms with Crippen LogP contribution in [0.4, 0.5) is 5.69 Å². The molecule has 2 aliphatic heterocycles. The van der Waals surface area contributed by atoms with Gasteiger partial charge in [-0.3, -0.25) is 9.69 Å². The molecule has 1 aromatic rings. The van der Waals surface area contributed by atoms with Crippen LogP contribution in [-0.4, -0.2) is 61.3 Å². The molecule has 0 bridgehead atoms. The van der Waals surface area contributed by atoms with Crippen molar-refractivity contribution in [2.24, 2.45) is 0 Å². The Morgan fingerprint density at radius 2 is 1.76 bits per heavy atom. The number of carbonyl (C=O) groups excluding carboxylic acids is 1. The Bertz CT molecular complexity index is 540. The Kier molecular flexibility index (Phi) is 6.70. The second-order valence-corrected chi connectivity index (χ2v) is 7.22. The molecule has 1 aromatic carbocycles. The number of carbonyl (C=O) groups is 1. The van der Waals surface area contributed by atoms with Crippen molar-refractivity contribution >= 4 is 11.6 Å². The lowest BCUT2D eigenvalue weighted by atomic mass is 10.0. The molecule has 138 valence electrons. The summed E-state index contributed by atoms with van der Waals surface area (Å²) in [5, 5.41) is 12.5. The minimum absolute atomic E-state index is 0.0113. The molecule has 2 aliphatic rings. The molecule has 3 rings (SSSR count). The SMILES string of the molecule is O=C(NCCN1CCCCC1CO)c1ccc(N2CCCCC2)cc1. The third-order valence-corrected chi connectivity index (χ3v) is 5.50. The number of amides is 1. The lowest BCUT2D eigenvalue weighted by Crippen LogP contribution is -2.45. The van der Waals surface area contributed by atoms with E-state index in [1.807, 2.05) is 12.1 Å². The largest absolute Gasteiger partial charge is 0.395 e. The lowest BCUT2D eigenvalue weighted by molar-refractivity contribution is 0.0849. The molecule has 0 saturated carbocycles. The van der Waals surface area contributed by atoms with E-state index in [0.29, 0.717) is 6.54 Å². The number of nitrogens with zero attached hydrogens (tertiary/aromatic N) is 2. The number of benzene rings is 1. The smallest absolute Gasteiger partial charge is 0.251 e. The summed E-state index contributed by atoms with van der Waals surface area (Å²) in [4.78, 5) is 17.0. The van der Waals surface area contributed by atoms with Crippen molar-refractivity contribution in [3.63, 3.8) is 0 Å². The minimum Gasteiger partial charge on any atom is -0.395 e. The van der Waals surface area contributed by atoms with Gasteiger partial charge in [-0.2, -0.15) is 0 Å². The van der Waals surface area contributed by atoms with E-state index in [1.54, 1.807) is 0 Å². The molecule has 1 unspecified atom stereocenters. The van der Waals surface area contributed by atoms with Gasteiger partial charge >= 0.3 is 0 Å². The third-order valence-electron chi connectivity index (χ3n) is 5.50. The number of piperidine rings is 2. The predicted octanol–water partition coefficient (Wildman–Crippen LogP) is 2.25. The second kappa shape index (κ2) is 9.20. The van der Waals surface area contributed by atoms with Crippen molar-refractivity contribution in [3.05, 3.63) is 29.8 Å². The zero-order valence-corrected chi connectivity index (χ0v) is 15.1. The predicted molar refractivity (Wildman–Crippen MR) is 101 cm³/mol. The second-order valence-electron chi connectivity index (χ2n) is 7.22. The van der Waals surface area contributed by atoms with Crippen molar-refractivity contribution in [3.8, 4) is 0 Å². The van der Waals surface area contributed by atoms with E-state index in [0.717, 1.165) is 38.2 Å². The minimum atomic E-state index is -0.0113. The van der Waals surface area contributed by atoms with Gasteiger partial charge in [0.15, 0.2) is 0 Å². The lowest BCUT2D eigenvalue weighted by Gasteiger charge is -2.34. The summed E-state index contributed by atoms with van der Waals surface area (Å²) in [5.74, 6) is -0.0113. The van der Waals surface area contributed by atoms with Crippen LogP contribution in [0.1, 0.15) is 48.9 Å².